The third kappa shape index (κ3) is 2.64. The molecule has 9 heteroatoms. The van der Waals surface area contributed by atoms with Crippen molar-refractivity contribution in [3.8, 4) is 5.69 Å². The maximum Gasteiger partial charge on any atom is 0.416 e. The smallest absolute Gasteiger partial charge is 0.416 e. The second kappa shape index (κ2) is 5.71. The summed E-state index contributed by atoms with van der Waals surface area (Å²) in [6, 6.07) is 11.6. The zero-order chi connectivity index (χ0) is 16.9. The SMILES string of the molecule is O=c1c2cnc3ccccc3[n+]2[nH]n1-c1ccc(C(F)(F)F)cc1.[OH-]. The van der Waals surface area contributed by atoms with Crippen molar-refractivity contribution >= 4 is 16.6 Å². The number of H-pyrrole nitrogens is 1. The van der Waals surface area contributed by atoms with Gasteiger partial charge in [0.15, 0.2) is 11.2 Å². The van der Waals surface area contributed by atoms with Crippen LogP contribution in [-0.2, 0) is 6.18 Å². The fourth-order valence-electron chi connectivity index (χ4n) is 2.57. The maximum atomic E-state index is 12.7. The number of nitrogens with zero attached hydrogens (tertiary/aromatic N) is 3. The second-order valence-electron chi connectivity index (χ2n) is 5.25. The Balaban J connectivity index is 0.00000182. The van der Waals surface area contributed by atoms with Crippen LogP contribution in [0.5, 0.6) is 0 Å². The molecule has 25 heavy (non-hydrogen) atoms. The van der Waals surface area contributed by atoms with Gasteiger partial charge in [0, 0.05) is 0 Å². The maximum absolute atomic E-state index is 12.7. The quantitative estimate of drug-likeness (QED) is 0.536. The van der Waals surface area contributed by atoms with Gasteiger partial charge in [-0.25, -0.2) is 9.78 Å². The Bertz CT molecular complexity index is 1110. The number of aromatic nitrogens is 4. The average Bonchev–Trinajstić information content (AvgIpc) is 2.92. The summed E-state index contributed by atoms with van der Waals surface area (Å²) in [6.07, 6.45) is -2.99. The van der Waals surface area contributed by atoms with E-state index in [4.69, 9.17) is 0 Å². The van der Waals surface area contributed by atoms with Crippen LogP contribution in [0, 0.1) is 0 Å². The van der Waals surface area contributed by atoms with E-state index in [-0.39, 0.29) is 5.48 Å². The molecule has 4 rings (SSSR count). The highest BCUT2D eigenvalue weighted by Crippen LogP contribution is 2.29. The van der Waals surface area contributed by atoms with Gasteiger partial charge in [-0.2, -0.15) is 13.2 Å². The first-order chi connectivity index (χ1) is 11.4. The molecular weight excluding hydrogens is 337 g/mol. The Hall–Kier alpha value is -3.20. The molecule has 0 fully saturated rings. The van der Waals surface area contributed by atoms with E-state index in [2.05, 4.69) is 10.2 Å². The third-order valence-electron chi connectivity index (χ3n) is 3.76. The second-order valence-corrected chi connectivity index (χ2v) is 5.25. The van der Waals surface area contributed by atoms with E-state index in [1.807, 2.05) is 12.1 Å². The highest BCUT2D eigenvalue weighted by molar-refractivity contribution is 5.71. The summed E-state index contributed by atoms with van der Waals surface area (Å²) in [7, 11) is 0. The van der Waals surface area contributed by atoms with Gasteiger partial charge in [-0.3, -0.25) is 0 Å². The minimum Gasteiger partial charge on any atom is -0.870 e. The molecule has 2 N–H and O–H groups in total. The van der Waals surface area contributed by atoms with Gasteiger partial charge >= 0.3 is 11.7 Å². The number of hydrogen-bond donors (Lipinski definition) is 1. The lowest BCUT2D eigenvalue weighted by atomic mass is 10.2. The molecule has 4 aromatic rings. The van der Waals surface area contributed by atoms with Crippen LogP contribution in [0.3, 0.4) is 0 Å². The predicted molar refractivity (Wildman–Crippen MR) is 81.8 cm³/mol. The highest BCUT2D eigenvalue weighted by atomic mass is 19.4. The van der Waals surface area contributed by atoms with Crippen LogP contribution >= 0.6 is 0 Å². The summed E-state index contributed by atoms with van der Waals surface area (Å²) < 4.78 is 40.7. The van der Waals surface area contributed by atoms with E-state index in [1.54, 1.807) is 16.6 Å². The largest absolute Gasteiger partial charge is 0.870 e. The number of para-hydroxylation sites is 2. The molecule has 0 saturated heterocycles. The fourth-order valence-corrected chi connectivity index (χ4v) is 2.57. The van der Waals surface area contributed by atoms with Crippen molar-refractivity contribution in [3.05, 3.63) is 70.6 Å². The van der Waals surface area contributed by atoms with Gasteiger partial charge in [0.1, 0.15) is 5.52 Å². The Labute approximate surface area is 138 Å². The molecule has 128 valence electrons. The molecule has 0 aliphatic carbocycles. The lowest BCUT2D eigenvalue weighted by Crippen LogP contribution is -2.26. The molecule has 0 saturated carbocycles. The first-order valence-electron chi connectivity index (χ1n) is 7.03. The number of alkyl halides is 3. The van der Waals surface area contributed by atoms with Gasteiger partial charge in [-0.15, -0.1) is 4.52 Å². The number of hydrogen-bond acceptors (Lipinski definition) is 3. The van der Waals surface area contributed by atoms with Crippen LogP contribution in [0.25, 0.3) is 22.2 Å². The zero-order valence-corrected chi connectivity index (χ0v) is 12.5. The Morgan fingerprint density at radius 2 is 1.68 bits per heavy atom. The van der Waals surface area contributed by atoms with E-state index in [1.165, 1.54) is 23.0 Å². The zero-order valence-electron chi connectivity index (χ0n) is 12.5. The third-order valence-corrected chi connectivity index (χ3v) is 3.76. The number of halogens is 3. The van der Waals surface area contributed by atoms with Crippen molar-refractivity contribution in [2.75, 3.05) is 0 Å². The van der Waals surface area contributed by atoms with Gasteiger partial charge in [0.2, 0.25) is 0 Å². The van der Waals surface area contributed by atoms with Crippen molar-refractivity contribution in [2.24, 2.45) is 0 Å². The van der Waals surface area contributed by atoms with E-state index >= 15 is 0 Å². The van der Waals surface area contributed by atoms with E-state index in [9.17, 15) is 18.0 Å². The van der Waals surface area contributed by atoms with Gasteiger partial charge in [-0.1, -0.05) is 22.0 Å². The van der Waals surface area contributed by atoms with Crippen LogP contribution < -0.4 is 10.1 Å². The van der Waals surface area contributed by atoms with Gasteiger partial charge in [0.25, 0.3) is 5.52 Å². The van der Waals surface area contributed by atoms with Crippen molar-refractivity contribution < 1.29 is 23.2 Å². The highest BCUT2D eigenvalue weighted by Gasteiger charge is 2.30. The van der Waals surface area contributed by atoms with E-state index in [0.717, 1.165) is 12.1 Å². The number of rotatable bonds is 1. The van der Waals surface area contributed by atoms with Gasteiger partial charge in [-0.05, 0) is 36.4 Å². The summed E-state index contributed by atoms with van der Waals surface area (Å²) >= 11 is 0. The molecule has 2 heterocycles. The average molecular weight is 348 g/mol. The summed E-state index contributed by atoms with van der Waals surface area (Å²) in [4.78, 5) is 16.7. The van der Waals surface area contributed by atoms with Crippen LogP contribution in [-0.4, -0.2) is 20.4 Å². The lowest BCUT2D eigenvalue weighted by molar-refractivity contribution is -0.556. The number of nitrogens with one attached hydrogen (secondary N) is 1. The summed E-state index contributed by atoms with van der Waals surface area (Å²) in [5.41, 5.74) is 0.825. The molecular formula is C16H11F3N4O2. The molecule has 0 spiro atoms. The first kappa shape index (κ1) is 16.7. The molecule has 2 aromatic heterocycles. The van der Waals surface area contributed by atoms with Crippen molar-refractivity contribution in [1.82, 2.24) is 14.9 Å². The molecule has 0 aliphatic rings. The van der Waals surface area contributed by atoms with E-state index in [0.29, 0.717) is 22.2 Å². The molecule has 0 unspecified atom stereocenters. The monoisotopic (exact) mass is 348 g/mol. The number of fused-ring (bicyclic) bond motifs is 3. The summed E-state index contributed by atoms with van der Waals surface area (Å²) in [5, 5.41) is 2.88. The van der Waals surface area contributed by atoms with Crippen LogP contribution in [0.1, 0.15) is 5.56 Å². The van der Waals surface area contributed by atoms with Crippen molar-refractivity contribution in [2.45, 2.75) is 6.18 Å². The Morgan fingerprint density at radius 1 is 1.00 bits per heavy atom. The lowest BCUT2D eigenvalue weighted by Gasteiger charge is -2.05. The molecule has 0 aliphatic heterocycles. The van der Waals surface area contributed by atoms with Gasteiger partial charge < -0.3 is 5.48 Å². The predicted octanol–water partition coefficient (Wildman–Crippen LogP) is 2.29. The standard InChI is InChI=1S/C16H9F3N4O.H2O/c17-16(18,19)10-5-7-11(8-6-10)22-15(24)14-9-20-12-3-1-2-4-13(12)23(14)21-22;/h1-9H;1H2. The van der Waals surface area contributed by atoms with Crippen LogP contribution in [0.4, 0.5) is 13.2 Å². The van der Waals surface area contributed by atoms with Crippen LogP contribution in [0.15, 0.2) is 59.5 Å². The van der Waals surface area contributed by atoms with Crippen molar-refractivity contribution in [1.29, 1.82) is 0 Å². The molecule has 6 nitrogen and oxygen atoms in total. The molecule has 0 radical (unpaired) electrons. The molecule has 0 bridgehead atoms. The van der Waals surface area contributed by atoms with Crippen molar-refractivity contribution in [3.63, 3.8) is 0 Å². The molecule has 2 aromatic carbocycles. The van der Waals surface area contributed by atoms with E-state index < -0.39 is 17.3 Å². The Kier molecular flexibility index (Phi) is 3.80. The number of aromatic amines is 1. The topological polar surface area (TPSA) is 84.8 Å². The van der Waals surface area contributed by atoms with Gasteiger partial charge in [0.05, 0.1) is 11.8 Å². The molecule has 0 amide bonds. The minimum atomic E-state index is -4.42. The minimum absolute atomic E-state index is 0. The summed E-state index contributed by atoms with van der Waals surface area (Å²) in [6.45, 7) is 0. The molecule has 0 atom stereocenters. The number of benzene rings is 2. The normalized spacial score (nSPS) is 11.6. The fraction of sp³-hybridized carbons (Fsp3) is 0.0625. The van der Waals surface area contributed by atoms with Crippen LogP contribution in [0.2, 0.25) is 0 Å². The first-order valence-corrected chi connectivity index (χ1v) is 7.03. The summed E-state index contributed by atoms with van der Waals surface area (Å²) in [5.74, 6) is 0. The Morgan fingerprint density at radius 3 is 2.36 bits per heavy atom.